The van der Waals surface area contributed by atoms with Gasteiger partial charge in [-0.3, -0.25) is 4.98 Å². The Kier molecular flexibility index (Phi) is 8.68. The van der Waals surface area contributed by atoms with Crippen LogP contribution in [0, 0.1) is 0 Å². The molecule has 7 aromatic rings. The standard InChI is InChI=1S/C44H34ClN5O/c1-2-36-29-41(42-39(45)23-14-24-40(42)46-36)51-30-31-25-27-32(28-26-31)37-21-12-13-22-38(37)44(47-49-50-48-44)43(33-15-6-3-7-16-33,34-17-8-4-9-18-34)35-19-10-5-11-20-35/h3-29H,2,30H2,1H3. The Hall–Kier alpha value is -5.98. The molecule has 0 bridgehead atoms. The molecule has 6 aromatic carbocycles. The molecule has 0 saturated heterocycles. The molecular formula is C44H34ClN5O. The first-order valence-electron chi connectivity index (χ1n) is 17.0. The van der Waals surface area contributed by atoms with E-state index in [4.69, 9.17) is 31.6 Å². The van der Waals surface area contributed by atoms with Gasteiger partial charge in [-0.05, 0) is 62.4 Å². The van der Waals surface area contributed by atoms with Gasteiger partial charge in [0.15, 0.2) is 0 Å². The van der Waals surface area contributed by atoms with Gasteiger partial charge < -0.3 is 4.74 Å². The van der Waals surface area contributed by atoms with Gasteiger partial charge in [-0.2, -0.15) is 0 Å². The van der Waals surface area contributed by atoms with Crippen molar-refractivity contribution in [2.75, 3.05) is 0 Å². The maximum Gasteiger partial charge on any atom is 0.238 e. The van der Waals surface area contributed by atoms with Crippen LogP contribution in [0.5, 0.6) is 5.75 Å². The highest BCUT2D eigenvalue weighted by Crippen LogP contribution is 2.58. The molecule has 1 aliphatic rings. The summed E-state index contributed by atoms with van der Waals surface area (Å²) in [5.74, 6) is 0.731. The summed E-state index contributed by atoms with van der Waals surface area (Å²) in [6.45, 7) is 2.46. The number of benzene rings is 6. The number of aromatic nitrogens is 1. The van der Waals surface area contributed by atoms with Gasteiger partial charge in [0.05, 0.1) is 21.3 Å². The number of hydrogen-bond donors (Lipinski definition) is 0. The zero-order chi connectivity index (χ0) is 34.7. The van der Waals surface area contributed by atoms with Crippen LogP contribution >= 0.6 is 11.6 Å². The number of rotatable bonds is 10. The van der Waals surface area contributed by atoms with E-state index in [1.54, 1.807) is 0 Å². The molecule has 0 radical (unpaired) electrons. The van der Waals surface area contributed by atoms with Crippen LogP contribution in [0.2, 0.25) is 5.02 Å². The lowest BCUT2D eigenvalue weighted by Crippen LogP contribution is -2.48. The second-order valence-electron chi connectivity index (χ2n) is 12.5. The number of halogens is 1. The van der Waals surface area contributed by atoms with Crippen molar-refractivity contribution in [1.29, 1.82) is 0 Å². The summed E-state index contributed by atoms with van der Waals surface area (Å²) in [5.41, 5.74) is 6.59. The van der Waals surface area contributed by atoms with Crippen LogP contribution in [0.15, 0.2) is 184 Å². The Balaban J connectivity index is 1.24. The zero-order valence-electron chi connectivity index (χ0n) is 28.0. The number of fused-ring (bicyclic) bond motifs is 1. The van der Waals surface area contributed by atoms with E-state index in [9.17, 15) is 0 Å². The summed E-state index contributed by atoms with van der Waals surface area (Å²) in [5, 5.41) is 20.0. The molecule has 7 heteroatoms. The summed E-state index contributed by atoms with van der Waals surface area (Å²) < 4.78 is 6.41. The SMILES string of the molecule is CCc1cc(OCc2ccc(-c3ccccc3C3(C(c4ccccc4)(c4ccccc4)c4ccccc4)N=NN=N3)cc2)c2c(Cl)cccc2n1. The second-order valence-corrected chi connectivity index (χ2v) is 12.9. The van der Waals surface area contributed by atoms with Gasteiger partial charge in [0.25, 0.3) is 0 Å². The number of aryl methyl sites for hydroxylation is 1. The van der Waals surface area contributed by atoms with E-state index in [-0.39, 0.29) is 0 Å². The molecule has 6 nitrogen and oxygen atoms in total. The average molecular weight is 684 g/mol. The Morgan fingerprint density at radius 2 is 1.20 bits per heavy atom. The molecule has 1 aliphatic heterocycles. The topological polar surface area (TPSA) is 71.6 Å². The predicted molar refractivity (Wildman–Crippen MR) is 203 cm³/mol. The second kappa shape index (κ2) is 13.7. The molecule has 1 aromatic heterocycles. The van der Waals surface area contributed by atoms with E-state index in [2.05, 4.69) is 127 Å². The number of ether oxygens (including phenoxy) is 1. The maximum atomic E-state index is 6.61. The third kappa shape index (κ3) is 5.58. The first-order chi connectivity index (χ1) is 25.1. The van der Waals surface area contributed by atoms with Gasteiger partial charge in [0, 0.05) is 17.3 Å². The smallest absolute Gasteiger partial charge is 0.238 e. The summed E-state index contributed by atoms with van der Waals surface area (Å²) in [7, 11) is 0. The first-order valence-corrected chi connectivity index (χ1v) is 17.4. The molecule has 248 valence electrons. The lowest BCUT2D eigenvalue weighted by Gasteiger charge is -2.45. The van der Waals surface area contributed by atoms with E-state index >= 15 is 0 Å². The van der Waals surface area contributed by atoms with Gasteiger partial charge in [-0.25, -0.2) is 0 Å². The Bertz CT molecular complexity index is 2250. The monoisotopic (exact) mass is 683 g/mol. The molecular weight excluding hydrogens is 650 g/mol. The highest BCUT2D eigenvalue weighted by Gasteiger charge is 2.60. The van der Waals surface area contributed by atoms with E-state index in [0.29, 0.717) is 11.6 Å². The number of nitrogens with zero attached hydrogens (tertiary/aromatic N) is 5. The predicted octanol–water partition coefficient (Wildman–Crippen LogP) is 11.7. The van der Waals surface area contributed by atoms with Gasteiger partial charge in [-0.1, -0.05) is 164 Å². The van der Waals surface area contributed by atoms with Crippen LogP contribution in [-0.4, -0.2) is 4.98 Å². The molecule has 51 heavy (non-hydrogen) atoms. The Labute approximate surface area is 302 Å². The van der Waals surface area contributed by atoms with Gasteiger partial charge in [0.1, 0.15) is 12.4 Å². The molecule has 0 amide bonds. The molecule has 0 fully saturated rings. The van der Waals surface area contributed by atoms with E-state index < -0.39 is 11.1 Å². The van der Waals surface area contributed by atoms with Crippen molar-refractivity contribution in [1.82, 2.24) is 4.98 Å². The van der Waals surface area contributed by atoms with Crippen molar-refractivity contribution in [3.05, 3.63) is 202 Å². The lowest BCUT2D eigenvalue weighted by atomic mass is 9.59. The van der Waals surface area contributed by atoms with Crippen LogP contribution in [0.3, 0.4) is 0 Å². The molecule has 0 saturated carbocycles. The molecule has 2 heterocycles. The highest BCUT2D eigenvalue weighted by molar-refractivity contribution is 6.35. The van der Waals surface area contributed by atoms with Crippen molar-refractivity contribution in [3.8, 4) is 16.9 Å². The Morgan fingerprint density at radius 1 is 0.627 bits per heavy atom. The van der Waals surface area contributed by atoms with E-state index in [1.807, 2.05) is 54.6 Å². The van der Waals surface area contributed by atoms with Crippen molar-refractivity contribution in [2.45, 2.75) is 31.0 Å². The number of pyridine rings is 1. The average Bonchev–Trinajstić information content (AvgIpc) is 3.70. The molecule has 0 atom stereocenters. The molecule has 0 aliphatic carbocycles. The van der Waals surface area contributed by atoms with Gasteiger partial charge in [0.2, 0.25) is 5.66 Å². The third-order valence-corrected chi connectivity index (χ3v) is 10.0. The fourth-order valence-electron chi connectivity index (χ4n) is 7.35. The minimum Gasteiger partial charge on any atom is -0.488 e. The maximum absolute atomic E-state index is 6.61. The summed E-state index contributed by atoms with van der Waals surface area (Å²) in [6.07, 6.45) is 0.799. The van der Waals surface area contributed by atoms with Crippen molar-refractivity contribution in [2.24, 2.45) is 20.7 Å². The Morgan fingerprint density at radius 3 is 1.78 bits per heavy atom. The summed E-state index contributed by atoms with van der Waals surface area (Å²) in [6, 6.07) is 55.8. The fourth-order valence-corrected chi connectivity index (χ4v) is 7.62. The quantitative estimate of drug-likeness (QED) is 0.135. The normalized spacial score (nSPS) is 13.5. The molecule has 0 unspecified atom stereocenters. The molecule has 0 spiro atoms. The minimum atomic E-state index is -1.27. The third-order valence-electron chi connectivity index (χ3n) is 9.69. The highest BCUT2D eigenvalue weighted by atomic mass is 35.5. The summed E-state index contributed by atoms with van der Waals surface area (Å²) >= 11 is 6.61. The van der Waals surface area contributed by atoms with Crippen molar-refractivity contribution in [3.63, 3.8) is 0 Å². The van der Waals surface area contributed by atoms with E-state index in [0.717, 1.165) is 67.7 Å². The number of hydrogen-bond acceptors (Lipinski definition) is 6. The minimum absolute atomic E-state index is 0.376. The van der Waals surface area contributed by atoms with Crippen LogP contribution in [0.1, 0.15) is 40.4 Å². The molecule has 0 N–H and O–H groups in total. The largest absolute Gasteiger partial charge is 0.488 e. The van der Waals surface area contributed by atoms with Crippen LogP contribution in [0.25, 0.3) is 22.0 Å². The molecule has 8 rings (SSSR count). The van der Waals surface area contributed by atoms with Crippen molar-refractivity contribution < 1.29 is 4.74 Å². The fraction of sp³-hybridized carbons (Fsp3) is 0.114. The van der Waals surface area contributed by atoms with Crippen molar-refractivity contribution >= 4 is 22.5 Å². The lowest BCUT2D eigenvalue weighted by molar-refractivity contribution is 0.309. The summed E-state index contributed by atoms with van der Waals surface area (Å²) in [4.78, 5) is 4.74. The zero-order valence-corrected chi connectivity index (χ0v) is 28.8. The van der Waals surface area contributed by atoms with E-state index in [1.165, 1.54) is 0 Å². The van der Waals surface area contributed by atoms with Crippen LogP contribution in [0.4, 0.5) is 0 Å². The first kappa shape index (κ1) is 32.2. The van der Waals surface area contributed by atoms with Crippen LogP contribution in [-0.2, 0) is 24.1 Å². The van der Waals surface area contributed by atoms with Gasteiger partial charge in [-0.15, -0.1) is 10.2 Å². The van der Waals surface area contributed by atoms with Gasteiger partial charge >= 0.3 is 0 Å². The van der Waals surface area contributed by atoms with Crippen LogP contribution < -0.4 is 4.74 Å².